The fourth-order valence-electron chi connectivity index (χ4n) is 1.88. The van der Waals surface area contributed by atoms with E-state index in [0.29, 0.717) is 12.8 Å². The molecule has 18 heavy (non-hydrogen) atoms. The Labute approximate surface area is 108 Å². The molecule has 1 aromatic carbocycles. The molecule has 4 nitrogen and oxygen atoms in total. The van der Waals surface area contributed by atoms with Crippen molar-refractivity contribution in [2.75, 3.05) is 0 Å². The quantitative estimate of drug-likeness (QED) is 0.630. The fourth-order valence-corrected chi connectivity index (χ4v) is 1.88. The first-order chi connectivity index (χ1) is 8.45. The van der Waals surface area contributed by atoms with Crippen LogP contribution in [0.4, 0.5) is 0 Å². The van der Waals surface area contributed by atoms with Gasteiger partial charge in [0.15, 0.2) is 0 Å². The van der Waals surface area contributed by atoms with E-state index < -0.39 is 17.7 Å². The molecule has 0 aliphatic rings. The van der Waals surface area contributed by atoms with Crippen LogP contribution in [0, 0.1) is 0 Å². The number of amides is 1. The largest absolute Gasteiger partial charge is 0.388 e. The molecule has 0 radical (unpaired) electrons. The van der Waals surface area contributed by atoms with Crippen LogP contribution in [0.15, 0.2) is 30.3 Å². The van der Waals surface area contributed by atoms with E-state index in [1.54, 1.807) is 0 Å². The molecule has 1 aromatic rings. The van der Waals surface area contributed by atoms with E-state index in [1.807, 2.05) is 30.3 Å². The van der Waals surface area contributed by atoms with Gasteiger partial charge in [0.25, 0.3) is 0 Å². The first-order valence-electron chi connectivity index (χ1n) is 6.09. The Hall–Kier alpha value is -1.39. The molecule has 1 rings (SSSR count). The van der Waals surface area contributed by atoms with E-state index in [4.69, 9.17) is 0 Å². The summed E-state index contributed by atoms with van der Waals surface area (Å²) in [7, 11) is 0. The lowest BCUT2D eigenvalue weighted by atomic mass is 9.91. The Morgan fingerprint density at radius 2 is 1.94 bits per heavy atom. The van der Waals surface area contributed by atoms with Crippen LogP contribution in [0.3, 0.4) is 0 Å². The first-order valence-corrected chi connectivity index (χ1v) is 6.09. The fraction of sp³-hybridized carbons (Fsp3) is 0.500. The summed E-state index contributed by atoms with van der Waals surface area (Å²) in [5.74, 6) is 0. The zero-order valence-corrected chi connectivity index (χ0v) is 10.8. The van der Waals surface area contributed by atoms with E-state index in [2.05, 4.69) is 5.32 Å². The molecule has 0 heterocycles. The molecule has 0 spiro atoms. The monoisotopic (exact) mass is 251 g/mol. The van der Waals surface area contributed by atoms with Crippen LogP contribution in [0.5, 0.6) is 0 Å². The van der Waals surface area contributed by atoms with Gasteiger partial charge in [-0.25, -0.2) is 0 Å². The van der Waals surface area contributed by atoms with Gasteiger partial charge in [0, 0.05) is 0 Å². The van der Waals surface area contributed by atoms with Gasteiger partial charge in [-0.15, -0.1) is 0 Å². The van der Waals surface area contributed by atoms with Gasteiger partial charge in [0.1, 0.15) is 6.10 Å². The number of aliphatic hydroxyl groups is 2. The summed E-state index contributed by atoms with van der Waals surface area (Å²) >= 11 is 0. The maximum Gasteiger partial charge on any atom is 0.207 e. The zero-order chi connectivity index (χ0) is 13.6. The molecule has 0 saturated carbocycles. The number of rotatable bonds is 7. The summed E-state index contributed by atoms with van der Waals surface area (Å²) < 4.78 is 0. The second-order valence-electron chi connectivity index (χ2n) is 5.01. The lowest BCUT2D eigenvalue weighted by Gasteiger charge is -2.31. The second kappa shape index (κ2) is 6.52. The molecule has 100 valence electrons. The van der Waals surface area contributed by atoms with Crippen LogP contribution < -0.4 is 5.32 Å². The lowest BCUT2D eigenvalue weighted by Crippen LogP contribution is -2.51. The summed E-state index contributed by atoms with van der Waals surface area (Å²) in [4.78, 5) is 10.6. The normalized spacial score (nSPS) is 14.9. The highest BCUT2D eigenvalue weighted by molar-refractivity contribution is 5.47. The molecule has 0 aliphatic heterocycles. The Bertz CT molecular complexity index is 359. The van der Waals surface area contributed by atoms with Crippen molar-refractivity contribution in [2.45, 2.75) is 44.4 Å². The predicted molar refractivity (Wildman–Crippen MR) is 70.1 cm³/mol. The summed E-state index contributed by atoms with van der Waals surface area (Å²) in [6, 6.07) is 9.37. The van der Waals surface area contributed by atoms with Crippen LogP contribution in [-0.4, -0.2) is 34.4 Å². The van der Waals surface area contributed by atoms with Crippen LogP contribution >= 0.6 is 0 Å². The summed E-state index contributed by atoms with van der Waals surface area (Å²) in [6.07, 6.45) is 0.879. The van der Waals surface area contributed by atoms with Crippen molar-refractivity contribution < 1.29 is 15.0 Å². The van der Waals surface area contributed by atoms with Crippen molar-refractivity contribution in [3.63, 3.8) is 0 Å². The number of nitrogens with one attached hydrogen (secondary N) is 1. The average Bonchev–Trinajstić information content (AvgIpc) is 2.34. The van der Waals surface area contributed by atoms with Crippen molar-refractivity contribution in [1.82, 2.24) is 5.32 Å². The van der Waals surface area contributed by atoms with Crippen LogP contribution in [0.25, 0.3) is 0 Å². The Morgan fingerprint density at radius 1 is 1.33 bits per heavy atom. The standard InChI is InChI=1S/C14H21NO3/c1-14(2,18)13(17)12(15-10-16)9-8-11-6-4-3-5-7-11/h3-7,10,12-13,17-18H,8-9H2,1-2H3,(H,15,16). The minimum atomic E-state index is -1.24. The number of hydrogen-bond donors (Lipinski definition) is 3. The second-order valence-corrected chi connectivity index (χ2v) is 5.01. The summed E-state index contributed by atoms with van der Waals surface area (Å²) in [6.45, 7) is 3.05. The van der Waals surface area contributed by atoms with Gasteiger partial charge in [0.2, 0.25) is 6.41 Å². The molecule has 0 fully saturated rings. The highest BCUT2D eigenvalue weighted by Crippen LogP contribution is 2.16. The Kier molecular flexibility index (Phi) is 5.31. The molecule has 1 amide bonds. The first kappa shape index (κ1) is 14.7. The van der Waals surface area contributed by atoms with Gasteiger partial charge >= 0.3 is 0 Å². The van der Waals surface area contributed by atoms with Gasteiger partial charge in [0.05, 0.1) is 11.6 Å². The van der Waals surface area contributed by atoms with E-state index in [-0.39, 0.29) is 0 Å². The van der Waals surface area contributed by atoms with Crippen LogP contribution in [0.1, 0.15) is 25.8 Å². The molecule has 3 N–H and O–H groups in total. The topological polar surface area (TPSA) is 69.6 Å². The number of hydrogen-bond acceptors (Lipinski definition) is 3. The summed E-state index contributed by atoms with van der Waals surface area (Å²) in [5.41, 5.74) is -0.102. The maximum absolute atomic E-state index is 10.6. The van der Waals surface area contributed by atoms with E-state index in [0.717, 1.165) is 12.0 Å². The van der Waals surface area contributed by atoms with Gasteiger partial charge < -0.3 is 15.5 Å². The molecule has 0 bridgehead atoms. The Balaban J connectivity index is 2.61. The SMILES string of the molecule is CC(C)(O)C(O)C(CCc1ccccc1)NC=O. The third-order valence-electron chi connectivity index (χ3n) is 2.97. The molecule has 0 aromatic heterocycles. The molecular weight excluding hydrogens is 230 g/mol. The third-order valence-corrected chi connectivity index (χ3v) is 2.97. The van der Waals surface area contributed by atoms with E-state index in [9.17, 15) is 15.0 Å². The minimum absolute atomic E-state index is 0.456. The highest BCUT2D eigenvalue weighted by atomic mass is 16.3. The number of carbonyl (C=O) groups is 1. The zero-order valence-electron chi connectivity index (χ0n) is 10.8. The molecule has 2 atom stereocenters. The molecule has 4 heteroatoms. The predicted octanol–water partition coefficient (Wildman–Crippen LogP) is 0.866. The van der Waals surface area contributed by atoms with Crippen LogP contribution in [-0.2, 0) is 11.2 Å². The number of aliphatic hydroxyl groups excluding tert-OH is 1. The van der Waals surface area contributed by atoms with Crippen molar-refractivity contribution in [3.8, 4) is 0 Å². The number of benzene rings is 1. The van der Waals surface area contributed by atoms with Crippen LogP contribution in [0.2, 0.25) is 0 Å². The third kappa shape index (κ3) is 4.47. The van der Waals surface area contributed by atoms with Crippen molar-refractivity contribution in [1.29, 1.82) is 0 Å². The molecule has 0 aliphatic carbocycles. The highest BCUT2D eigenvalue weighted by Gasteiger charge is 2.31. The van der Waals surface area contributed by atoms with Crippen molar-refractivity contribution in [2.24, 2.45) is 0 Å². The summed E-state index contributed by atoms with van der Waals surface area (Å²) in [5, 5.41) is 22.3. The van der Waals surface area contributed by atoms with E-state index >= 15 is 0 Å². The van der Waals surface area contributed by atoms with Crippen molar-refractivity contribution >= 4 is 6.41 Å². The molecule has 0 saturated heterocycles. The Morgan fingerprint density at radius 3 is 2.44 bits per heavy atom. The van der Waals surface area contributed by atoms with Gasteiger partial charge in [-0.3, -0.25) is 4.79 Å². The average molecular weight is 251 g/mol. The number of carbonyl (C=O) groups excluding carboxylic acids is 1. The lowest BCUT2D eigenvalue weighted by molar-refractivity contribution is -0.113. The van der Waals surface area contributed by atoms with Gasteiger partial charge in [-0.1, -0.05) is 30.3 Å². The number of aryl methyl sites for hydroxylation is 1. The minimum Gasteiger partial charge on any atom is -0.388 e. The molecular formula is C14H21NO3. The molecule has 2 unspecified atom stereocenters. The smallest absolute Gasteiger partial charge is 0.207 e. The van der Waals surface area contributed by atoms with Gasteiger partial charge in [-0.05, 0) is 32.3 Å². The van der Waals surface area contributed by atoms with E-state index in [1.165, 1.54) is 13.8 Å². The maximum atomic E-state index is 10.6. The van der Waals surface area contributed by atoms with Gasteiger partial charge in [-0.2, -0.15) is 0 Å². The van der Waals surface area contributed by atoms with Crippen molar-refractivity contribution in [3.05, 3.63) is 35.9 Å².